The summed E-state index contributed by atoms with van der Waals surface area (Å²) in [6, 6.07) is 8.95. The van der Waals surface area contributed by atoms with Crippen LogP contribution in [0.4, 0.5) is 5.69 Å². The van der Waals surface area contributed by atoms with E-state index in [1.54, 1.807) is 24.3 Å². The highest BCUT2D eigenvalue weighted by Crippen LogP contribution is 2.28. The van der Waals surface area contributed by atoms with Crippen LogP contribution in [-0.4, -0.2) is 30.3 Å². The van der Waals surface area contributed by atoms with E-state index in [4.69, 9.17) is 0 Å². The molecule has 0 heterocycles. The van der Waals surface area contributed by atoms with E-state index in [1.807, 2.05) is 25.1 Å². The zero-order valence-electron chi connectivity index (χ0n) is 12.3. The molecule has 114 valence electrons. The Kier molecular flexibility index (Phi) is 8.02. The van der Waals surface area contributed by atoms with Gasteiger partial charge in [0.1, 0.15) is 0 Å². The Balaban J connectivity index is 0.000000235. The molecule has 2 rings (SSSR count). The number of nitrogens with zero attached hydrogens (tertiary/aromatic N) is 3. The third kappa shape index (κ3) is 6.21. The maximum atomic E-state index is 10.1. The number of hydrogen-bond donors (Lipinski definition) is 0. The molecule has 1 aromatic carbocycles. The number of para-hydroxylation sites is 1. The molecule has 0 aromatic heterocycles. The van der Waals surface area contributed by atoms with Gasteiger partial charge in [0.05, 0.1) is 17.8 Å². The maximum Gasteiger partial charge on any atom is 0.240 e. The summed E-state index contributed by atoms with van der Waals surface area (Å²) < 4.78 is 0. The molecule has 6 nitrogen and oxygen atoms in total. The fourth-order valence-corrected chi connectivity index (χ4v) is 2.27. The first-order valence-corrected chi connectivity index (χ1v) is 6.98. The van der Waals surface area contributed by atoms with E-state index in [2.05, 4.69) is 15.0 Å². The monoisotopic (exact) mass is 299 g/mol. The quantitative estimate of drug-likeness (QED) is 0.635. The second-order valence-electron chi connectivity index (χ2n) is 4.99. The van der Waals surface area contributed by atoms with Gasteiger partial charge in [0.2, 0.25) is 18.2 Å². The summed E-state index contributed by atoms with van der Waals surface area (Å²) in [6.45, 7) is 2.05. The highest BCUT2D eigenvalue weighted by atomic mass is 16.1. The Morgan fingerprint density at radius 1 is 0.955 bits per heavy atom. The van der Waals surface area contributed by atoms with Crippen molar-refractivity contribution in [2.24, 2.45) is 20.9 Å². The number of rotatable bonds is 3. The molecule has 1 aliphatic carbocycles. The molecule has 0 saturated heterocycles. The van der Waals surface area contributed by atoms with E-state index in [0.717, 1.165) is 12.8 Å². The van der Waals surface area contributed by atoms with Gasteiger partial charge < -0.3 is 0 Å². The van der Waals surface area contributed by atoms with Crippen LogP contribution in [-0.2, 0) is 14.4 Å². The first kappa shape index (κ1) is 17.4. The van der Waals surface area contributed by atoms with Crippen molar-refractivity contribution in [1.29, 1.82) is 0 Å². The van der Waals surface area contributed by atoms with Crippen molar-refractivity contribution in [3.63, 3.8) is 0 Å². The van der Waals surface area contributed by atoms with Crippen molar-refractivity contribution in [3.8, 4) is 0 Å². The first-order valence-electron chi connectivity index (χ1n) is 6.98. The minimum Gasteiger partial charge on any atom is -0.211 e. The molecular weight excluding hydrogens is 282 g/mol. The smallest absolute Gasteiger partial charge is 0.211 e. The molecule has 1 aromatic rings. The van der Waals surface area contributed by atoms with Crippen LogP contribution in [0, 0.1) is 5.92 Å². The zero-order valence-corrected chi connectivity index (χ0v) is 12.3. The molecule has 0 spiro atoms. The SMILES string of the molecule is CC1CCC(N=C=O)CC1N=C=O.O=C=Nc1ccccc1. The number of hydrogen-bond acceptors (Lipinski definition) is 6. The van der Waals surface area contributed by atoms with Crippen molar-refractivity contribution in [2.75, 3.05) is 0 Å². The van der Waals surface area contributed by atoms with E-state index >= 15 is 0 Å². The van der Waals surface area contributed by atoms with Crippen LogP contribution in [0.1, 0.15) is 26.2 Å². The number of benzene rings is 1. The van der Waals surface area contributed by atoms with Crippen molar-refractivity contribution in [3.05, 3.63) is 30.3 Å². The summed E-state index contributed by atoms with van der Waals surface area (Å²) in [7, 11) is 0. The first-order chi connectivity index (χ1) is 10.7. The molecule has 0 amide bonds. The highest BCUT2D eigenvalue weighted by molar-refractivity contribution is 5.47. The molecule has 0 bridgehead atoms. The lowest BCUT2D eigenvalue weighted by atomic mass is 9.83. The lowest BCUT2D eigenvalue weighted by Crippen LogP contribution is -2.28. The summed E-state index contributed by atoms with van der Waals surface area (Å²) in [5.41, 5.74) is 0.646. The lowest BCUT2D eigenvalue weighted by molar-refractivity contribution is 0.302. The van der Waals surface area contributed by atoms with Crippen molar-refractivity contribution >= 4 is 23.9 Å². The van der Waals surface area contributed by atoms with Gasteiger partial charge in [-0.3, -0.25) is 0 Å². The van der Waals surface area contributed by atoms with E-state index < -0.39 is 0 Å². The van der Waals surface area contributed by atoms with Gasteiger partial charge in [0.15, 0.2) is 0 Å². The molecule has 22 heavy (non-hydrogen) atoms. The average Bonchev–Trinajstić information content (AvgIpc) is 2.53. The van der Waals surface area contributed by atoms with E-state index in [0.29, 0.717) is 18.0 Å². The van der Waals surface area contributed by atoms with Gasteiger partial charge in [-0.25, -0.2) is 24.4 Å². The standard InChI is InChI=1S/C9H12N2O2.C7H5NO/c1-7-2-3-8(10-5-12)4-9(7)11-6-13;9-6-8-7-4-2-1-3-5-7/h7-9H,2-4H2,1H3;1-5H. The van der Waals surface area contributed by atoms with Gasteiger partial charge >= 0.3 is 0 Å². The Bertz CT molecular complexity index is 598. The Morgan fingerprint density at radius 3 is 2.23 bits per heavy atom. The van der Waals surface area contributed by atoms with E-state index in [-0.39, 0.29) is 12.1 Å². The minimum atomic E-state index is -0.0200. The summed E-state index contributed by atoms with van der Waals surface area (Å²) in [5.74, 6) is 0.388. The Morgan fingerprint density at radius 2 is 1.64 bits per heavy atom. The number of isocyanates is 3. The molecule has 0 N–H and O–H groups in total. The van der Waals surface area contributed by atoms with E-state index in [1.165, 1.54) is 6.08 Å². The molecule has 1 fully saturated rings. The summed E-state index contributed by atoms with van der Waals surface area (Å²) in [5, 5.41) is 0. The van der Waals surface area contributed by atoms with Gasteiger partial charge in [-0.05, 0) is 37.3 Å². The van der Waals surface area contributed by atoms with Gasteiger partial charge in [0.25, 0.3) is 0 Å². The number of aliphatic imine (C=N–C) groups is 3. The van der Waals surface area contributed by atoms with Crippen molar-refractivity contribution in [2.45, 2.75) is 38.3 Å². The topological polar surface area (TPSA) is 88.3 Å². The molecule has 6 heteroatoms. The van der Waals surface area contributed by atoms with Gasteiger partial charge in [-0.2, -0.15) is 4.99 Å². The third-order valence-corrected chi connectivity index (χ3v) is 3.51. The molecule has 0 radical (unpaired) electrons. The summed E-state index contributed by atoms with van der Waals surface area (Å²) >= 11 is 0. The normalized spacial score (nSPS) is 22.7. The average molecular weight is 299 g/mol. The van der Waals surface area contributed by atoms with Gasteiger partial charge in [-0.15, -0.1) is 0 Å². The molecular formula is C16H17N3O3. The molecule has 3 atom stereocenters. The largest absolute Gasteiger partial charge is 0.240 e. The lowest BCUT2D eigenvalue weighted by Gasteiger charge is -2.27. The van der Waals surface area contributed by atoms with Crippen LogP contribution < -0.4 is 0 Å². The fourth-order valence-electron chi connectivity index (χ4n) is 2.27. The fraction of sp³-hybridized carbons (Fsp3) is 0.438. The van der Waals surface area contributed by atoms with Gasteiger partial charge in [0, 0.05) is 0 Å². The van der Waals surface area contributed by atoms with Crippen LogP contribution >= 0.6 is 0 Å². The van der Waals surface area contributed by atoms with Crippen LogP contribution in [0.5, 0.6) is 0 Å². The highest BCUT2D eigenvalue weighted by Gasteiger charge is 2.27. The van der Waals surface area contributed by atoms with Crippen LogP contribution in [0.2, 0.25) is 0 Å². The van der Waals surface area contributed by atoms with E-state index in [9.17, 15) is 14.4 Å². The number of carbonyl (C=O) groups excluding carboxylic acids is 3. The second-order valence-corrected chi connectivity index (χ2v) is 4.99. The Labute approximate surface area is 128 Å². The Hall–Kier alpha value is -2.64. The van der Waals surface area contributed by atoms with Crippen molar-refractivity contribution < 1.29 is 14.4 Å². The predicted molar refractivity (Wildman–Crippen MR) is 81.1 cm³/mol. The van der Waals surface area contributed by atoms with Gasteiger partial charge in [-0.1, -0.05) is 25.1 Å². The van der Waals surface area contributed by atoms with Crippen LogP contribution in [0.15, 0.2) is 45.3 Å². The molecule has 3 unspecified atom stereocenters. The van der Waals surface area contributed by atoms with Crippen LogP contribution in [0.3, 0.4) is 0 Å². The summed E-state index contributed by atoms with van der Waals surface area (Å²) in [6.07, 6.45) is 7.09. The van der Waals surface area contributed by atoms with Crippen LogP contribution in [0.25, 0.3) is 0 Å². The molecule has 1 saturated carbocycles. The van der Waals surface area contributed by atoms with Crippen molar-refractivity contribution in [1.82, 2.24) is 0 Å². The summed E-state index contributed by atoms with van der Waals surface area (Å²) in [4.78, 5) is 40.5. The zero-order chi connectivity index (χ0) is 16.2. The third-order valence-electron chi connectivity index (χ3n) is 3.51. The predicted octanol–water partition coefficient (Wildman–Crippen LogP) is 2.87. The second kappa shape index (κ2) is 10.1. The molecule has 0 aliphatic heterocycles. The minimum absolute atomic E-state index is 0.00389. The maximum absolute atomic E-state index is 10.1. The molecule has 1 aliphatic rings.